The fourth-order valence-corrected chi connectivity index (χ4v) is 3.74. The van der Waals surface area contributed by atoms with Crippen molar-refractivity contribution >= 4 is 17.7 Å². The van der Waals surface area contributed by atoms with Gasteiger partial charge in [-0.2, -0.15) is 0 Å². The maximum Gasteiger partial charge on any atom is 0.308 e. The van der Waals surface area contributed by atoms with Gasteiger partial charge in [0, 0.05) is 0 Å². The van der Waals surface area contributed by atoms with Crippen molar-refractivity contribution in [1.82, 2.24) is 4.84 Å². The van der Waals surface area contributed by atoms with Gasteiger partial charge in [-0.05, 0) is 47.9 Å². The standard InChI is InChI=1S/C19H28ClNO2/c1-13(2)16-10-9-14(3)11-18(16)23-19(22)12-17(21-20)15-7-5-4-6-8-15/h4-8,13-14,16-18,21H,9-12H2,1-3H3/t14-,16+,17-,18-/m1/s1. The molecule has 0 bridgehead atoms. The van der Waals surface area contributed by atoms with E-state index in [1.54, 1.807) is 0 Å². The molecule has 1 aromatic carbocycles. The van der Waals surface area contributed by atoms with E-state index in [4.69, 9.17) is 16.5 Å². The fourth-order valence-electron chi connectivity index (χ4n) is 3.54. The first-order valence-electron chi connectivity index (χ1n) is 8.61. The molecule has 4 atom stereocenters. The van der Waals surface area contributed by atoms with E-state index in [0.717, 1.165) is 18.4 Å². The molecule has 23 heavy (non-hydrogen) atoms. The molecule has 0 radical (unpaired) electrons. The van der Waals surface area contributed by atoms with Crippen molar-refractivity contribution in [2.24, 2.45) is 17.8 Å². The summed E-state index contributed by atoms with van der Waals surface area (Å²) in [5.41, 5.74) is 0.997. The molecule has 0 spiro atoms. The Bertz CT molecular complexity index is 491. The predicted octanol–water partition coefficient (Wildman–Crippen LogP) is 4.87. The number of halogens is 1. The summed E-state index contributed by atoms with van der Waals surface area (Å²) in [6.45, 7) is 6.67. The summed E-state index contributed by atoms with van der Waals surface area (Å²) in [6.07, 6.45) is 3.64. The summed E-state index contributed by atoms with van der Waals surface area (Å²) >= 11 is 5.83. The number of nitrogens with one attached hydrogen (secondary N) is 1. The van der Waals surface area contributed by atoms with Gasteiger partial charge in [-0.25, -0.2) is 4.84 Å². The van der Waals surface area contributed by atoms with Gasteiger partial charge in [-0.1, -0.05) is 57.5 Å². The molecule has 128 valence electrons. The Morgan fingerprint density at radius 2 is 2.00 bits per heavy atom. The first-order valence-corrected chi connectivity index (χ1v) is 8.99. The maximum absolute atomic E-state index is 12.4. The van der Waals surface area contributed by atoms with Crippen LogP contribution in [0.2, 0.25) is 0 Å². The van der Waals surface area contributed by atoms with Crippen LogP contribution in [0.25, 0.3) is 0 Å². The van der Waals surface area contributed by atoms with Crippen molar-refractivity contribution in [2.75, 3.05) is 0 Å². The highest BCUT2D eigenvalue weighted by atomic mass is 35.5. The Balaban J connectivity index is 1.96. The molecule has 1 aliphatic carbocycles. The fraction of sp³-hybridized carbons (Fsp3) is 0.632. The SMILES string of the molecule is CC(C)[C@@H]1CC[C@@H](C)C[C@H]1OC(=O)C[C@@H](NCl)c1ccccc1. The summed E-state index contributed by atoms with van der Waals surface area (Å²) < 4.78 is 5.85. The lowest BCUT2D eigenvalue weighted by atomic mass is 9.75. The Morgan fingerprint density at radius 3 is 2.61 bits per heavy atom. The van der Waals surface area contributed by atoms with Gasteiger partial charge in [0.1, 0.15) is 6.10 Å². The zero-order valence-corrected chi connectivity index (χ0v) is 15.1. The molecule has 1 N–H and O–H groups in total. The lowest BCUT2D eigenvalue weighted by Crippen LogP contribution is -2.36. The maximum atomic E-state index is 12.4. The number of rotatable bonds is 6. The van der Waals surface area contributed by atoms with Gasteiger partial charge in [0.25, 0.3) is 0 Å². The molecule has 0 aliphatic heterocycles. The van der Waals surface area contributed by atoms with E-state index in [1.165, 1.54) is 6.42 Å². The largest absolute Gasteiger partial charge is 0.462 e. The van der Waals surface area contributed by atoms with Gasteiger partial charge >= 0.3 is 5.97 Å². The van der Waals surface area contributed by atoms with Gasteiger partial charge in [0.2, 0.25) is 0 Å². The van der Waals surface area contributed by atoms with Crippen LogP contribution in [0, 0.1) is 17.8 Å². The third-order valence-corrected chi connectivity index (χ3v) is 5.21. The smallest absolute Gasteiger partial charge is 0.308 e. The molecule has 1 aromatic rings. The normalized spacial score (nSPS) is 26.0. The van der Waals surface area contributed by atoms with Crippen LogP contribution in [-0.4, -0.2) is 12.1 Å². The predicted molar refractivity (Wildman–Crippen MR) is 94.0 cm³/mol. The molecule has 0 unspecified atom stereocenters. The lowest BCUT2D eigenvalue weighted by molar-refractivity contribution is -0.156. The quantitative estimate of drug-likeness (QED) is 0.594. The molecule has 0 amide bonds. The number of hydrogen-bond donors (Lipinski definition) is 1. The first-order chi connectivity index (χ1) is 11.0. The van der Waals surface area contributed by atoms with Gasteiger partial charge in [-0.15, -0.1) is 0 Å². The zero-order chi connectivity index (χ0) is 16.8. The molecule has 1 saturated carbocycles. The molecule has 1 fully saturated rings. The third-order valence-electron chi connectivity index (χ3n) is 4.95. The van der Waals surface area contributed by atoms with Crippen LogP contribution in [0.15, 0.2) is 30.3 Å². The van der Waals surface area contributed by atoms with Crippen LogP contribution in [0.3, 0.4) is 0 Å². The number of carbonyl (C=O) groups is 1. The van der Waals surface area contributed by atoms with Crippen LogP contribution in [0.5, 0.6) is 0 Å². The van der Waals surface area contributed by atoms with Gasteiger partial charge < -0.3 is 4.74 Å². The monoisotopic (exact) mass is 337 g/mol. The molecular formula is C19H28ClNO2. The van der Waals surface area contributed by atoms with E-state index in [0.29, 0.717) is 17.8 Å². The van der Waals surface area contributed by atoms with E-state index >= 15 is 0 Å². The van der Waals surface area contributed by atoms with Gasteiger partial charge in [0.05, 0.1) is 12.5 Å². The van der Waals surface area contributed by atoms with E-state index < -0.39 is 0 Å². The molecule has 0 saturated heterocycles. The van der Waals surface area contributed by atoms with Crippen molar-refractivity contribution in [3.8, 4) is 0 Å². The average molecular weight is 338 g/mol. The van der Waals surface area contributed by atoms with E-state index in [9.17, 15) is 4.79 Å². The van der Waals surface area contributed by atoms with Crippen molar-refractivity contribution in [3.63, 3.8) is 0 Å². The number of esters is 1. The first kappa shape index (κ1) is 18.3. The molecule has 1 aliphatic rings. The van der Waals surface area contributed by atoms with Crippen molar-refractivity contribution < 1.29 is 9.53 Å². The summed E-state index contributed by atoms with van der Waals surface area (Å²) in [7, 11) is 0. The van der Waals surface area contributed by atoms with Gasteiger partial charge in [-0.3, -0.25) is 4.79 Å². The second-order valence-electron chi connectivity index (χ2n) is 7.13. The summed E-state index contributed by atoms with van der Waals surface area (Å²) in [5, 5.41) is 0. The highest BCUT2D eigenvalue weighted by Gasteiger charge is 2.33. The van der Waals surface area contributed by atoms with E-state index in [1.807, 2.05) is 30.3 Å². The third kappa shape index (κ3) is 5.22. The number of hydrogen-bond acceptors (Lipinski definition) is 3. The number of ether oxygens (including phenoxy) is 1. The Labute approximate surface area is 144 Å². The number of benzene rings is 1. The minimum atomic E-state index is -0.219. The molecule has 3 nitrogen and oxygen atoms in total. The summed E-state index contributed by atoms with van der Waals surface area (Å²) in [4.78, 5) is 15.1. The Morgan fingerprint density at radius 1 is 1.30 bits per heavy atom. The average Bonchev–Trinajstić information content (AvgIpc) is 2.53. The van der Waals surface area contributed by atoms with Crippen molar-refractivity contribution in [3.05, 3.63) is 35.9 Å². The van der Waals surface area contributed by atoms with Crippen LogP contribution >= 0.6 is 11.8 Å². The minimum absolute atomic E-state index is 0.0398. The molecule has 2 rings (SSSR count). The lowest BCUT2D eigenvalue weighted by Gasteiger charge is -2.36. The van der Waals surface area contributed by atoms with Gasteiger partial charge in [0.15, 0.2) is 0 Å². The molecule has 0 aromatic heterocycles. The Kier molecular flexibility index (Phi) is 6.91. The van der Waals surface area contributed by atoms with E-state index in [-0.39, 0.29) is 24.5 Å². The van der Waals surface area contributed by atoms with Crippen LogP contribution in [0.4, 0.5) is 0 Å². The number of carbonyl (C=O) groups excluding carboxylic acids is 1. The molecule has 0 heterocycles. The highest BCUT2D eigenvalue weighted by Crippen LogP contribution is 2.35. The molecule has 4 heteroatoms. The second kappa shape index (κ2) is 8.70. The van der Waals surface area contributed by atoms with E-state index in [2.05, 4.69) is 25.6 Å². The second-order valence-corrected chi connectivity index (χ2v) is 7.35. The summed E-state index contributed by atoms with van der Waals surface area (Å²) in [6, 6.07) is 9.55. The zero-order valence-electron chi connectivity index (χ0n) is 14.3. The van der Waals surface area contributed by atoms with Crippen molar-refractivity contribution in [1.29, 1.82) is 0 Å². The highest BCUT2D eigenvalue weighted by molar-refractivity contribution is 6.13. The molecular weight excluding hydrogens is 310 g/mol. The van der Waals surface area contributed by atoms with Crippen LogP contribution < -0.4 is 4.84 Å². The minimum Gasteiger partial charge on any atom is -0.462 e. The Hall–Kier alpha value is -1.06. The summed E-state index contributed by atoms with van der Waals surface area (Å²) in [5.74, 6) is 1.46. The topological polar surface area (TPSA) is 38.3 Å². The van der Waals surface area contributed by atoms with Crippen LogP contribution in [0.1, 0.15) is 58.1 Å². The van der Waals surface area contributed by atoms with Crippen LogP contribution in [-0.2, 0) is 9.53 Å². The van der Waals surface area contributed by atoms with Crippen molar-refractivity contribution in [2.45, 2.75) is 58.6 Å².